The van der Waals surface area contributed by atoms with Crippen LogP contribution in [0.3, 0.4) is 0 Å². The molecule has 15 heavy (non-hydrogen) atoms. The highest BCUT2D eigenvalue weighted by atomic mass is 16.7. The number of hydrogen-bond acceptors (Lipinski definition) is 4. The van der Waals surface area contributed by atoms with E-state index in [1.165, 1.54) is 21.3 Å². The molecule has 0 aliphatic heterocycles. The molecule has 0 saturated carbocycles. The molecule has 0 atom stereocenters. The largest absolute Gasteiger partial charge is 0.469 e. The van der Waals surface area contributed by atoms with Gasteiger partial charge in [-0.05, 0) is 20.3 Å². The Hall–Kier alpha value is -1.10. The molecule has 0 fully saturated rings. The number of nitrogens with zero attached hydrogens (tertiary/aromatic N) is 1. The van der Waals surface area contributed by atoms with Gasteiger partial charge in [0.15, 0.2) is 0 Å². The van der Waals surface area contributed by atoms with E-state index >= 15 is 0 Å². The van der Waals surface area contributed by atoms with E-state index in [1.807, 2.05) is 0 Å². The van der Waals surface area contributed by atoms with Crippen molar-refractivity contribution in [2.45, 2.75) is 26.7 Å². The van der Waals surface area contributed by atoms with Crippen LogP contribution >= 0.6 is 0 Å². The van der Waals surface area contributed by atoms with Crippen molar-refractivity contribution >= 4 is 11.9 Å². The van der Waals surface area contributed by atoms with Gasteiger partial charge in [-0.1, -0.05) is 0 Å². The molecule has 0 aromatic carbocycles. The molecule has 5 heteroatoms. The Labute approximate surface area is 90.3 Å². The lowest BCUT2D eigenvalue weighted by atomic mass is 9.88. The molecule has 0 aliphatic rings. The minimum Gasteiger partial charge on any atom is -0.469 e. The maximum atomic E-state index is 11.4. The number of carbonyl (C=O) groups excluding carboxylic acids is 2. The molecule has 0 N–H and O–H groups in total. The fourth-order valence-electron chi connectivity index (χ4n) is 1.06. The summed E-state index contributed by atoms with van der Waals surface area (Å²) in [4.78, 5) is 27.4. The zero-order chi connectivity index (χ0) is 12.1. The minimum atomic E-state index is -0.640. The van der Waals surface area contributed by atoms with Gasteiger partial charge in [-0.3, -0.25) is 14.4 Å². The van der Waals surface area contributed by atoms with Crippen LogP contribution in [0.15, 0.2) is 0 Å². The van der Waals surface area contributed by atoms with E-state index in [-0.39, 0.29) is 18.3 Å². The predicted octanol–water partition coefficient (Wildman–Crippen LogP) is 0.986. The summed E-state index contributed by atoms with van der Waals surface area (Å²) >= 11 is 0. The first-order valence-electron chi connectivity index (χ1n) is 4.74. The summed E-state index contributed by atoms with van der Waals surface area (Å²) in [5.41, 5.74) is -0.640. The van der Waals surface area contributed by atoms with Crippen molar-refractivity contribution in [1.82, 2.24) is 5.06 Å². The monoisotopic (exact) mass is 217 g/mol. The van der Waals surface area contributed by atoms with Gasteiger partial charge in [0.1, 0.15) is 0 Å². The molecule has 0 aromatic heterocycles. The quantitative estimate of drug-likeness (QED) is 0.509. The lowest BCUT2D eigenvalue weighted by Crippen LogP contribution is -2.30. The van der Waals surface area contributed by atoms with Crippen LogP contribution in [0.4, 0.5) is 0 Å². The van der Waals surface area contributed by atoms with Crippen LogP contribution in [-0.2, 0) is 19.2 Å². The van der Waals surface area contributed by atoms with Crippen LogP contribution in [0.5, 0.6) is 0 Å². The molecule has 88 valence electrons. The highest BCUT2D eigenvalue weighted by Crippen LogP contribution is 2.24. The average Bonchev–Trinajstić information content (AvgIpc) is 2.23. The lowest BCUT2D eigenvalue weighted by Gasteiger charge is -2.22. The van der Waals surface area contributed by atoms with Gasteiger partial charge in [-0.2, -0.15) is 0 Å². The highest BCUT2D eigenvalue weighted by Gasteiger charge is 2.29. The number of carbonyl (C=O) groups is 2. The van der Waals surface area contributed by atoms with Gasteiger partial charge >= 0.3 is 5.97 Å². The fourth-order valence-corrected chi connectivity index (χ4v) is 1.06. The Morgan fingerprint density at radius 3 is 2.20 bits per heavy atom. The Morgan fingerprint density at radius 1 is 1.27 bits per heavy atom. The van der Waals surface area contributed by atoms with Crippen LogP contribution in [-0.4, -0.2) is 38.2 Å². The van der Waals surface area contributed by atoms with Crippen molar-refractivity contribution in [3.05, 3.63) is 0 Å². The Bertz CT molecular complexity index is 238. The zero-order valence-electron chi connectivity index (χ0n) is 9.99. The fraction of sp³-hybridized carbons (Fsp3) is 0.800. The van der Waals surface area contributed by atoms with Gasteiger partial charge in [-0.15, -0.1) is 0 Å². The predicted molar refractivity (Wildman–Crippen MR) is 54.8 cm³/mol. The highest BCUT2D eigenvalue weighted by molar-refractivity contribution is 5.78. The third-order valence-corrected chi connectivity index (χ3v) is 2.33. The van der Waals surface area contributed by atoms with Crippen LogP contribution in [0, 0.1) is 5.41 Å². The van der Waals surface area contributed by atoms with E-state index in [0.717, 1.165) is 5.06 Å². The molecule has 1 amide bonds. The number of hydroxylamine groups is 2. The molecule has 0 heterocycles. The van der Waals surface area contributed by atoms with E-state index in [9.17, 15) is 9.59 Å². The second-order valence-electron chi connectivity index (χ2n) is 3.95. The second kappa shape index (κ2) is 5.70. The summed E-state index contributed by atoms with van der Waals surface area (Å²) in [7, 11) is 4.30. The third kappa shape index (κ3) is 4.29. The average molecular weight is 217 g/mol. The smallest absolute Gasteiger partial charge is 0.311 e. The van der Waals surface area contributed by atoms with Crippen molar-refractivity contribution in [3.8, 4) is 0 Å². The Kier molecular flexibility index (Phi) is 5.28. The molecule has 0 aliphatic carbocycles. The number of hydrogen-bond donors (Lipinski definition) is 0. The molecule has 0 saturated heterocycles. The van der Waals surface area contributed by atoms with Crippen molar-refractivity contribution in [2.24, 2.45) is 5.41 Å². The molecule has 0 spiro atoms. The SMILES string of the molecule is COC(=O)C(C)(C)CCC(=O)N(C)OC. The van der Waals surface area contributed by atoms with Crippen LogP contribution in [0.25, 0.3) is 0 Å². The van der Waals surface area contributed by atoms with Crippen LogP contribution in [0.1, 0.15) is 26.7 Å². The summed E-state index contributed by atoms with van der Waals surface area (Å²) in [5.74, 6) is -0.468. The Balaban J connectivity index is 4.15. The standard InChI is InChI=1S/C10H19NO4/c1-10(2,9(13)14-4)7-6-8(12)11(3)15-5/h6-7H2,1-5H3. The van der Waals surface area contributed by atoms with Gasteiger partial charge < -0.3 is 4.74 Å². The topological polar surface area (TPSA) is 55.8 Å². The molecular formula is C10H19NO4. The summed E-state index contributed by atoms with van der Waals surface area (Å²) in [6.07, 6.45) is 0.693. The van der Waals surface area contributed by atoms with Gasteiger partial charge in [0, 0.05) is 13.5 Å². The molecule has 0 bridgehead atoms. The van der Waals surface area contributed by atoms with Crippen molar-refractivity contribution in [1.29, 1.82) is 0 Å². The van der Waals surface area contributed by atoms with Gasteiger partial charge in [0.25, 0.3) is 0 Å². The van der Waals surface area contributed by atoms with E-state index in [1.54, 1.807) is 13.8 Å². The lowest BCUT2D eigenvalue weighted by molar-refractivity contribution is -0.169. The first-order chi connectivity index (χ1) is 6.85. The number of esters is 1. The zero-order valence-corrected chi connectivity index (χ0v) is 9.99. The first kappa shape index (κ1) is 13.9. The van der Waals surface area contributed by atoms with Gasteiger partial charge in [0.2, 0.25) is 5.91 Å². The summed E-state index contributed by atoms with van der Waals surface area (Å²) in [6.45, 7) is 3.50. The van der Waals surface area contributed by atoms with Crippen LogP contribution in [0.2, 0.25) is 0 Å². The van der Waals surface area contributed by atoms with E-state index in [2.05, 4.69) is 4.74 Å². The van der Waals surface area contributed by atoms with Crippen molar-refractivity contribution < 1.29 is 19.2 Å². The first-order valence-corrected chi connectivity index (χ1v) is 4.74. The van der Waals surface area contributed by atoms with Crippen molar-refractivity contribution in [3.63, 3.8) is 0 Å². The number of methoxy groups -OCH3 is 1. The molecule has 0 rings (SSSR count). The second-order valence-corrected chi connectivity index (χ2v) is 3.95. The molecule has 5 nitrogen and oxygen atoms in total. The number of amides is 1. The number of ether oxygens (including phenoxy) is 1. The van der Waals surface area contributed by atoms with E-state index in [0.29, 0.717) is 6.42 Å². The maximum absolute atomic E-state index is 11.4. The van der Waals surface area contributed by atoms with Gasteiger partial charge in [-0.25, -0.2) is 5.06 Å². The molecular weight excluding hydrogens is 198 g/mol. The van der Waals surface area contributed by atoms with E-state index < -0.39 is 5.41 Å². The normalized spacial score (nSPS) is 11.0. The molecule has 0 aromatic rings. The summed E-state index contributed by atoms with van der Waals surface area (Å²) in [6, 6.07) is 0. The maximum Gasteiger partial charge on any atom is 0.311 e. The summed E-state index contributed by atoms with van der Waals surface area (Å²) < 4.78 is 4.64. The van der Waals surface area contributed by atoms with E-state index in [4.69, 9.17) is 4.84 Å². The molecule has 0 radical (unpaired) electrons. The van der Waals surface area contributed by atoms with Crippen molar-refractivity contribution in [2.75, 3.05) is 21.3 Å². The van der Waals surface area contributed by atoms with Crippen LogP contribution < -0.4 is 0 Å². The summed E-state index contributed by atoms with van der Waals surface area (Å²) in [5, 5.41) is 1.15. The molecule has 0 unspecified atom stereocenters. The minimum absolute atomic E-state index is 0.158. The number of rotatable bonds is 5. The van der Waals surface area contributed by atoms with Gasteiger partial charge in [0.05, 0.1) is 19.6 Å². The third-order valence-electron chi connectivity index (χ3n) is 2.33. The Morgan fingerprint density at radius 2 is 1.80 bits per heavy atom.